The fourth-order valence-corrected chi connectivity index (χ4v) is 8.25. The van der Waals surface area contributed by atoms with Gasteiger partial charge in [0.25, 0.3) is 0 Å². The zero-order valence-electron chi connectivity index (χ0n) is 30.0. The van der Waals surface area contributed by atoms with E-state index in [0.717, 1.165) is 76.4 Å². The largest absolute Gasteiger partial charge is 0.497 e. The number of aromatic nitrogens is 4. The van der Waals surface area contributed by atoms with E-state index in [0.29, 0.717) is 17.8 Å². The molecule has 3 heterocycles. The molecule has 7 rings (SSSR count). The molecule has 0 N–H and O–H groups in total. The number of nitrogens with zero attached hydrogens (tertiary/aromatic N) is 4. The first-order valence-corrected chi connectivity index (χ1v) is 17.9. The first-order chi connectivity index (χ1) is 23.8. The highest BCUT2D eigenvalue weighted by atomic mass is 16.5. The number of methoxy groups -OCH3 is 1. The average Bonchev–Trinajstić information content (AvgIpc) is 3.59. The van der Waals surface area contributed by atoms with Gasteiger partial charge in [-0.15, -0.1) is 0 Å². The van der Waals surface area contributed by atoms with E-state index < -0.39 is 0 Å². The molecule has 0 saturated carbocycles. The van der Waals surface area contributed by atoms with E-state index in [-0.39, 0.29) is 0 Å². The first kappa shape index (κ1) is 32.7. The van der Waals surface area contributed by atoms with Gasteiger partial charge in [-0.1, -0.05) is 70.4 Å². The molecule has 3 aromatic carbocycles. The van der Waals surface area contributed by atoms with Gasteiger partial charge in [-0.2, -0.15) is 5.10 Å². The van der Waals surface area contributed by atoms with Gasteiger partial charge >= 0.3 is 0 Å². The van der Waals surface area contributed by atoms with Crippen molar-refractivity contribution in [2.75, 3.05) is 7.11 Å². The van der Waals surface area contributed by atoms with Crippen LogP contribution in [0.3, 0.4) is 0 Å². The van der Waals surface area contributed by atoms with Gasteiger partial charge < -0.3 is 9.47 Å². The molecule has 6 heteroatoms. The van der Waals surface area contributed by atoms with Crippen molar-refractivity contribution in [3.63, 3.8) is 0 Å². The number of ether oxygens (including phenoxy) is 2. The Hall–Kier alpha value is -4.84. The van der Waals surface area contributed by atoms with Crippen LogP contribution in [0.25, 0.3) is 33.3 Å². The second kappa shape index (κ2) is 13.6. The Labute approximate surface area is 290 Å². The van der Waals surface area contributed by atoms with Crippen LogP contribution in [0.2, 0.25) is 0 Å². The van der Waals surface area contributed by atoms with Crippen molar-refractivity contribution in [3.05, 3.63) is 113 Å². The predicted molar refractivity (Wildman–Crippen MR) is 201 cm³/mol. The lowest BCUT2D eigenvalue weighted by molar-refractivity contribution is 0.389. The van der Waals surface area contributed by atoms with Gasteiger partial charge in [0.05, 0.1) is 29.5 Å². The van der Waals surface area contributed by atoms with Crippen LogP contribution < -0.4 is 9.47 Å². The third kappa shape index (κ3) is 6.14. The molecule has 1 unspecified atom stereocenters. The maximum Gasteiger partial charge on any atom is 0.141 e. The minimum atomic E-state index is 0.408. The molecule has 0 bridgehead atoms. The normalized spacial score (nSPS) is 17.9. The highest BCUT2D eigenvalue weighted by molar-refractivity contribution is 6.09. The SMILES string of the molecule is CCCc1nn(-c2cc(C)cc(Oc3ccc4c5ccccc5n(-c5cc(OC)ccn5)c4c3)c2)c(CCC)c1C1C(C)=C[C@H](C)C[C@@H]1C. The Balaban J connectivity index is 1.32. The molecular weight excluding hydrogens is 604 g/mol. The molecule has 0 radical (unpaired) electrons. The Bertz CT molecular complexity index is 2170. The summed E-state index contributed by atoms with van der Waals surface area (Å²) in [5, 5.41) is 7.69. The molecule has 0 amide bonds. The van der Waals surface area contributed by atoms with Gasteiger partial charge in [-0.25, -0.2) is 9.67 Å². The second-order valence-corrected chi connectivity index (χ2v) is 14.0. The Morgan fingerprint density at radius 3 is 2.39 bits per heavy atom. The number of benzene rings is 3. The molecule has 1 aliphatic rings. The number of pyridine rings is 1. The quantitative estimate of drug-likeness (QED) is 0.138. The Kier molecular flexibility index (Phi) is 9.06. The van der Waals surface area contributed by atoms with Crippen molar-refractivity contribution in [1.29, 1.82) is 0 Å². The molecule has 49 heavy (non-hydrogen) atoms. The molecule has 0 spiro atoms. The van der Waals surface area contributed by atoms with Crippen molar-refractivity contribution in [3.8, 4) is 28.8 Å². The van der Waals surface area contributed by atoms with E-state index in [1.165, 1.54) is 34.3 Å². The van der Waals surface area contributed by atoms with Crippen LogP contribution in [0.4, 0.5) is 0 Å². The molecule has 0 aliphatic heterocycles. The number of aryl methyl sites for hydroxylation is 2. The van der Waals surface area contributed by atoms with Gasteiger partial charge in [-0.3, -0.25) is 4.57 Å². The smallest absolute Gasteiger partial charge is 0.141 e. The number of allylic oxidation sites excluding steroid dienone is 2. The third-order valence-electron chi connectivity index (χ3n) is 10.1. The van der Waals surface area contributed by atoms with Crippen LogP contribution in [0.15, 0.2) is 90.6 Å². The van der Waals surface area contributed by atoms with Crippen LogP contribution >= 0.6 is 0 Å². The predicted octanol–water partition coefficient (Wildman–Crippen LogP) is 11.1. The summed E-state index contributed by atoms with van der Waals surface area (Å²) in [5.74, 6) is 4.74. The minimum absolute atomic E-state index is 0.408. The van der Waals surface area contributed by atoms with Crippen LogP contribution in [-0.2, 0) is 12.8 Å². The molecule has 252 valence electrons. The monoisotopic (exact) mass is 652 g/mol. The third-order valence-corrected chi connectivity index (χ3v) is 10.1. The molecule has 6 nitrogen and oxygen atoms in total. The summed E-state index contributed by atoms with van der Waals surface area (Å²) in [6, 6.07) is 25.1. The highest BCUT2D eigenvalue weighted by Crippen LogP contribution is 2.44. The van der Waals surface area contributed by atoms with Crippen molar-refractivity contribution in [1.82, 2.24) is 19.3 Å². The fourth-order valence-electron chi connectivity index (χ4n) is 8.25. The highest BCUT2D eigenvalue weighted by Gasteiger charge is 2.33. The van der Waals surface area contributed by atoms with Crippen LogP contribution in [-0.4, -0.2) is 26.4 Å². The molecule has 0 saturated heterocycles. The number of hydrogen-bond acceptors (Lipinski definition) is 4. The van der Waals surface area contributed by atoms with Crippen LogP contribution in [0.1, 0.15) is 82.3 Å². The van der Waals surface area contributed by atoms with Crippen LogP contribution in [0.5, 0.6) is 17.2 Å². The molecule has 1 aliphatic carbocycles. The zero-order valence-corrected chi connectivity index (χ0v) is 30.0. The maximum atomic E-state index is 6.70. The lowest BCUT2D eigenvalue weighted by Crippen LogP contribution is -2.21. The van der Waals surface area contributed by atoms with Gasteiger partial charge in [0.2, 0.25) is 0 Å². The summed E-state index contributed by atoms with van der Waals surface area (Å²) in [5.41, 5.74) is 9.85. The maximum absolute atomic E-state index is 6.70. The lowest BCUT2D eigenvalue weighted by atomic mass is 9.72. The topological polar surface area (TPSA) is 54.1 Å². The van der Waals surface area contributed by atoms with Gasteiger partial charge in [0.1, 0.15) is 23.1 Å². The molecular formula is C43H48N4O2. The molecule has 0 fully saturated rings. The summed E-state index contributed by atoms with van der Waals surface area (Å²) < 4.78 is 16.7. The Morgan fingerprint density at radius 1 is 0.816 bits per heavy atom. The number of fused-ring (bicyclic) bond motifs is 3. The standard InChI is InChI=1S/C43H48N4O2/c1-8-12-37-43(42-29(5)20-27(3)21-30(42)6)39(13-9-2)47(45-37)31-22-28(4)23-34(24-31)49-33-16-17-36-35-14-10-11-15-38(35)46(40(36)25-33)41-26-32(48-7)18-19-44-41/h10-11,14-20,22-27,30,42H,8-9,12-13,21H2,1-7H3/t27-,30-,42?/m0/s1. The summed E-state index contributed by atoms with van der Waals surface area (Å²) in [6.07, 6.45) is 9.60. The van der Waals surface area contributed by atoms with Crippen LogP contribution in [0, 0.1) is 18.8 Å². The van der Waals surface area contributed by atoms with Gasteiger partial charge in [-0.05, 0) is 86.9 Å². The summed E-state index contributed by atoms with van der Waals surface area (Å²) >= 11 is 0. The lowest BCUT2D eigenvalue weighted by Gasteiger charge is -2.33. The molecule has 3 aromatic heterocycles. The van der Waals surface area contributed by atoms with Crippen molar-refractivity contribution in [2.24, 2.45) is 11.8 Å². The summed E-state index contributed by atoms with van der Waals surface area (Å²) in [7, 11) is 1.68. The number of hydrogen-bond donors (Lipinski definition) is 0. The minimum Gasteiger partial charge on any atom is -0.497 e. The van der Waals surface area contributed by atoms with E-state index in [1.807, 2.05) is 12.1 Å². The van der Waals surface area contributed by atoms with Gasteiger partial charge in [0, 0.05) is 52.3 Å². The van der Waals surface area contributed by atoms with E-state index >= 15 is 0 Å². The second-order valence-electron chi connectivity index (χ2n) is 14.0. The molecule has 3 atom stereocenters. The molecule has 6 aromatic rings. The van der Waals surface area contributed by atoms with E-state index in [1.54, 1.807) is 13.3 Å². The summed E-state index contributed by atoms with van der Waals surface area (Å²) in [4.78, 5) is 4.72. The van der Waals surface area contributed by atoms with Crippen molar-refractivity contribution < 1.29 is 9.47 Å². The first-order valence-electron chi connectivity index (χ1n) is 17.9. The van der Waals surface area contributed by atoms with E-state index in [4.69, 9.17) is 19.6 Å². The summed E-state index contributed by atoms with van der Waals surface area (Å²) in [6.45, 7) is 13.8. The van der Waals surface area contributed by atoms with E-state index in [2.05, 4.69) is 118 Å². The average molecular weight is 653 g/mol. The Morgan fingerprint density at radius 2 is 1.61 bits per heavy atom. The zero-order chi connectivity index (χ0) is 34.2. The number of para-hydroxylation sites is 1. The number of rotatable bonds is 10. The fraction of sp³-hybridized carbons (Fsp3) is 0.349. The van der Waals surface area contributed by atoms with E-state index in [9.17, 15) is 0 Å². The van der Waals surface area contributed by atoms with Crippen molar-refractivity contribution in [2.45, 2.75) is 79.6 Å². The van der Waals surface area contributed by atoms with Crippen molar-refractivity contribution >= 4 is 21.8 Å². The van der Waals surface area contributed by atoms with Gasteiger partial charge in [0.15, 0.2) is 0 Å².